The van der Waals surface area contributed by atoms with E-state index in [1.165, 1.54) is 0 Å². The molecule has 0 saturated carbocycles. The van der Waals surface area contributed by atoms with Crippen LogP contribution in [0.3, 0.4) is 0 Å². The molecule has 0 radical (unpaired) electrons. The van der Waals surface area contributed by atoms with E-state index in [1.54, 1.807) is 18.3 Å². The van der Waals surface area contributed by atoms with Crippen LogP contribution in [0.1, 0.15) is 11.4 Å². The van der Waals surface area contributed by atoms with Gasteiger partial charge in [-0.3, -0.25) is 4.79 Å². The van der Waals surface area contributed by atoms with Gasteiger partial charge in [0.05, 0.1) is 16.5 Å². The number of carbonyl (C=O) groups excluding carboxylic acids is 1. The molecule has 0 unspecified atom stereocenters. The predicted octanol–water partition coefficient (Wildman–Crippen LogP) is 3.08. The van der Waals surface area contributed by atoms with Crippen LogP contribution in [0.15, 0.2) is 30.6 Å². The molecule has 1 aromatic carbocycles. The quantitative estimate of drug-likeness (QED) is 0.864. The van der Waals surface area contributed by atoms with E-state index in [-0.39, 0.29) is 5.78 Å². The molecule has 0 aliphatic carbocycles. The highest BCUT2D eigenvalue weighted by molar-refractivity contribution is 6.42. The van der Waals surface area contributed by atoms with E-state index in [2.05, 4.69) is 4.98 Å². The number of halogens is 2. The number of imidazole rings is 1. The molecule has 2 rings (SSSR count). The number of nitrogens with zero attached hydrogens (tertiary/aromatic N) is 2. The summed E-state index contributed by atoms with van der Waals surface area (Å²) in [5.74, 6) is 0.864. The van der Waals surface area contributed by atoms with Gasteiger partial charge >= 0.3 is 0 Å². The highest BCUT2D eigenvalue weighted by Gasteiger charge is 2.09. The lowest BCUT2D eigenvalue weighted by Gasteiger charge is -2.03. The third-order valence-electron chi connectivity index (χ3n) is 2.66. The molecule has 3 nitrogen and oxygen atoms in total. The Labute approximate surface area is 115 Å². The van der Waals surface area contributed by atoms with Crippen molar-refractivity contribution >= 4 is 29.0 Å². The van der Waals surface area contributed by atoms with Gasteiger partial charge in [-0.25, -0.2) is 4.98 Å². The molecular formula is C13H12Cl2N2O. The van der Waals surface area contributed by atoms with Crippen LogP contribution in [-0.2, 0) is 24.7 Å². The van der Waals surface area contributed by atoms with Crippen LogP contribution in [0, 0.1) is 0 Å². The number of carbonyl (C=O) groups is 1. The molecule has 0 aliphatic heterocycles. The van der Waals surface area contributed by atoms with Gasteiger partial charge in [0.25, 0.3) is 0 Å². The van der Waals surface area contributed by atoms with Crippen molar-refractivity contribution in [1.82, 2.24) is 9.55 Å². The van der Waals surface area contributed by atoms with E-state index >= 15 is 0 Å². The molecule has 0 spiro atoms. The van der Waals surface area contributed by atoms with Crippen LogP contribution >= 0.6 is 23.2 Å². The second-order valence-corrected chi connectivity index (χ2v) is 4.91. The van der Waals surface area contributed by atoms with Gasteiger partial charge in [-0.15, -0.1) is 0 Å². The summed E-state index contributed by atoms with van der Waals surface area (Å²) >= 11 is 11.7. The van der Waals surface area contributed by atoms with Crippen molar-refractivity contribution in [2.45, 2.75) is 12.8 Å². The Kier molecular flexibility index (Phi) is 4.04. The SMILES string of the molecule is Cn1ccnc1CC(=O)Cc1ccc(Cl)c(Cl)c1. The normalized spacial score (nSPS) is 10.6. The van der Waals surface area contributed by atoms with E-state index in [0.29, 0.717) is 22.9 Å². The molecule has 0 amide bonds. The van der Waals surface area contributed by atoms with Crippen molar-refractivity contribution in [3.8, 4) is 0 Å². The van der Waals surface area contributed by atoms with Gasteiger partial charge in [0, 0.05) is 25.9 Å². The smallest absolute Gasteiger partial charge is 0.144 e. The van der Waals surface area contributed by atoms with Crippen molar-refractivity contribution in [1.29, 1.82) is 0 Å². The van der Waals surface area contributed by atoms with Crippen LogP contribution in [0.25, 0.3) is 0 Å². The average Bonchev–Trinajstić information content (AvgIpc) is 2.70. The predicted molar refractivity (Wildman–Crippen MR) is 72.1 cm³/mol. The summed E-state index contributed by atoms with van der Waals surface area (Å²) in [5, 5.41) is 0.968. The number of rotatable bonds is 4. The number of hydrogen-bond acceptors (Lipinski definition) is 2. The van der Waals surface area contributed by atoms with Crippen LogP contribution in [0.4, 0.5) is 0 Å². The van der Waals surface area contributed by atoms with E-state index in [0.717, 1.165) is 11.4 Å². The molecule has 0 N–H and O–H groups in total. The Balaban J connectivity index is 2.03. The summed E-state index contributed by atoms with van der Waals surface area (Å²) in [5.41, 5.74) is 0.864. The van der Waals surface area contributed by atoms with Gasteiger partial charge in [-0.2, -0.15) is 0 Å². The standard InChI is InChI=1S/C13H12Cl2N2O/c1-17-5-4-16-13(17)8-10(18)6-9-2-3-11(14)12(15)7-9/h2-5,7H,6,8H2,1H3. The molecule has 18 heavy (non-hydrogen) atoms. The number of ketones is 1. The molecule has 0 atom stereocenters. The first kappa shape index (κ1) is 13.1. The van der Waals surface area contributed by atoms with Crippen molar-refractivity contribution in [2.75, 3.05) is 0 Å². The fourth-order valence-corrected chi connectivity index (χ4v) is 2.00. The van der Waals surface area contributed by atoms with Gasteiger partial charge in [0.15, 0.2) is 0 Å². The maximum Gasteiger partial charge on any atom is 0.144 e. The Morgan fingerprint density at radius 2 is 2.06 bits per heavy atom. The van der Waals surface area contributed by atoms with Crippen molar-refractivity contribution in [2.24, 2.45) is 7.05 Å². The Hall–Kier alpha value is -1.32. The van der Waals surface area contributed by atoms with Crippen molar-refractivity contribution in [3.63, 3.8) is 0 Å². The zero-order valence-electron chi connectivity index (χ0n) is 9.86. The van der Waals surface area contributed by atoms with E-state index in [9.17, 15) is 4.79 Å². The minimum absolute atomic E-state index is 0.0997. The maximum absolute atomic E-state index is 11.9. The zero-order valence-corrected chi connectivity index (χ0v) is 11.4. The number of benzene rings is 1. The zero-order chi connectivity index (χ0) is 13.1. The van der Waals surface area contributed by atoms with E-state index in [1.807, 2.05) is 23.9 Å². The Morgan fingerprint density at radius 3 is 2.67 bits per heavy atom. The summed E-state index contributed by atoms with van der Waals surface area (Å²) in [4.78, 5) is 16.0. The largest absolute Gasteiger partial charge is 0.338 e. The Morgan fingerprint density at radius 1 is 1.28 bits per heavy atom. The van der Waals surface area contributed by atoms with Crippen LogP contribution in [0.2, 0.25) is 10.0 Å². The van der Waals surface area contributed by atoms with Gasteiger partial charge in [0.2, 0.25) is 0 Å². The summed E-state index contributed by atoms with van der Waals surface area (Å²) in [7, 11) is 1.87. The first-order valence-electron chi connectivity index (χ1n) is 5.48. The first-order chi connectivity index (χ1) is 8.56. The molecule has 0 bridgehead atoms. The molecule has 0 aliphatic rings. The highest BCUT2D eigenvalue weighted by atomic mass is 35.5. The lowest BCUT2D eigenvalue weighted by Crippen LogP contribution is -2.10. The fraction of sp³-hybridized carbons (Fsp3) is 0.231. The monoisotopic (exact) mass is 282 g/mol. The van der Waals surface area contributed by atoms with Gasteiger partial charge < -0.3 is 4.57 Å². The molecular weight excluding hydrogens is 271 g/mol. The minimum atomic E-state index is 0.0997. The van der Waals surface area contributed by atoms with E-state index < -0.39 is 0 Å². The van der Waals surface area contributed by atoms with Gasteiger partial charge in [-0.1, -0.05) is 29.3 Å². The van der Waals surface area contributed by atoms with Crippen LogP contribution in [-0.4, -0.2) is 15.3 Å². The minimum Gasteiger partial charge on any atom is -0.338 e. The van der Waals surface area contributed by atoms with Crippen molar-refractivity contribution < 1.29 is 4.79 Å². The van der Waals surface area contributed by atoms with Crippen molar-refractivity contribution in [3.05, 3.63) is 52.0 Å². The maximum atomic E-state index is 11.9. The third kappa shape index (κ3) is 3.12. The van der Waals surface area contributed by atoms with Gasteiger partial charge in [-0.05, 0) is 17.7 Å². The van der Waals surface area contributed by atoms with Crippen LogP contribution in [0.5, 0.6) is 0 Å². The summed E-state index contributed by atoms with van der Waals surface area (Å²) in [6.45, 7) is 0. The Bertz CT molecular complexity index is 578. The second-order valence-electron chi connectivity index (χ2n) is 4.10. The summed E-state index contributed by atoms with van der Waals surface area (Å²) in [6, 6.07) is 5.23. The molecule has 1 heterocycles. The summed E-state index contributed by atoms with van der Waals surface area (Å²) < 4.78 is 1.84. The molecule has 1 aromatic heterocycles. The summed E-state index contributed by atoms with van der Waals surface area (Å²) in [6.07, 6.45) is 4.16. The molecule has 0 saturated heterocycles. The number of hydrogen-bond donors (Lipinski definition) is 0. The topological polar surface area (TPSA) is 34.9 Å². The lowest BCUT2D eigenvalue weighted by molar-refractivity contribution is -0.117. The first-order valence-corrected chi connectivity index (χ1v) is 6.23. The van der Waals surface area contributed by atoms with Crippen LogP contribution < -0.4 is 0 Å². The molecule has 94 valence electrons. The van der Waals surface area contributed by atoms with Gasteiger partial charge in [0.1, 0.15) is 11.6 Å². The highest BCUT2D eigenvalue weighted by Crippen LogP contribution is 2.22. The third-order valence-corrected chi connectivity index (χ3v) is 3.40. The molecule has 5 heteroatoms. The second kappa shape index (κ2) is 5.55. The fourth-order valence-electron chi connectivity index (χ4n) is 1.68. The molecule has 2 aromatic rings. The molecule has 0 fully saturated rings. The number of aryl methyl sites for hydroxylation is 1. The average molecular weight is 283 g/mol. The number of aromatic nitrogens is 2. The lowest BCUT2D eigenvalue weighted by atomic mass is 10.1. The number of Topliss-reactive ketones (excluding diaryl/α,β-unsaturated/α-hetero) is 1. The van der Waals surface area contributed by atoms with E-state index in [4.69, 9.17) is 23.2 Å².